The molecule has 1 saturated heterocycles. The molecule has 1 aliphatic heterocycles. The zero-order valence-electron chi connectivity index (χ0n) is 16.7. The first-order valence-electron chi connectivity index (χ1n) is 9.86. The van der Waals surface area contributed by atoms with Crippen LogP contribution in [0.1, 0.15) is 24.1 Å². The molecule has 1 aromatic carbocycles. The van der Waals surface area contributed by atoms with Crippen molar-refractivity contribution < 1.29 is 13.2 Å². The Morgan fingerprint density at radius 2 is 1.93 bits per heavy atom. The molecule has 0 radical (unpaired) electrons. The first kappa shape index (κ1) is 20.8. The summed E-state index contributed by atoms with van der Waals surface area (Å²) >= 11 is 1.44. The standard InChI is InChI=1S/C21H24N4O3S2/c1-16-15-29-21(23-16)19-11-18(13-25(19)14-20(26)24-9-5-6-10-24)30(27,28)22-12-17-7-3-2-4-8-17/h2-4,7-8,11,13,15,22H,5-6,9-10,12,14H2,1H3. The van der Waals surface area contributed by atoms with Crippen molar-refractivity contribution in [2.24, 2.45) is 0 Å². The van der Waals surface area contributed by atoms with E-state index >= 15 is 0 Å². The van der Waals surface area contributed by atoms with Gasteiger partial charge in [0.2, 0.25) is 15.9 Å². The molecule has 9 heteroatoms. The van der Waals surface area contributed by atoms with E-state index in [0.717, 1.165) is 37.2 Å². The van der Waals surface area contributed by atoms with Crippen molar-refractivity contribution in [3.63, 3.8) is 0 Å². The van der Waals surface area contributed by atoms with Crippen LogP contribution in [0.5, 0.6) is 0 Å². The second kappa shape index (κ2) is 8.71. The van der Waals surface area contributed by atoms with Crippen LogP contribution in [0.15, 0.2) is 52.9 Å². The molecular weight excluding hydrogens is 420 g/mol. The third kappa shape index (κ3) is 4.63. The van der Waals surface area contributed by atoms with E-state index in [4.69, 9.17) is 0 Å². The van der Waals surface area contributed by atoms with Gasteiger partial charge in [-0.25, -0.2) is 18.1 Å². The van der Waals surface area contributed by atoms with Crippen LogP contribution in [0.2, 0.25) is 0 Å². The zero-order valence-corrected chi connectivity index (χ0v) is 18.4. The third-order valence-electron chi connectivity index (χ3n) is 5.09. The summed E-state index contributed by atoms with van der Waals surface area (Å²) in [7, 11) is -3.74. The van der Waals surface area contributed by atoms with Gasteiger partial charge in [-0.1, -0.05) is 30.3 Å². The third-order valence-corrected chi connectivity index (χ3v) is 7.44. The van der Waals surface area contributed by atoms with E-state index < -0.39 is 10.0 Å². The molecule has 158 valence electrons. The molecule has 0 unspecified atom stereocenters. The van der Waals surface area contributed by atoms with Gasteiger partial charge < -0.3 is 9.47 Å². The summed E-state index contributed by atoms with van der Waals surface area (Å²) in [6.45, 7) is 3.71. The quantitative estimate of drug-likeness (QED) is 0.607. The van der Waals surface area contributed by atoms with Crippen molar-refractivity contribution in [1.82, 2.24) is 19.2 Å². The van der Waals surface area contributed by atoms with Gasteiger partial charge in [-0.3, -0.25) is 4.79 Å². The van der Waals surface area contributed by atoms with E-state index in [9.17, 15) is 13.2 Å². The molecule has 2 aromatic heterocycles. The minimum absolute atomic E-state index is 0.00109. The molecule has 1 aliphatic rings. The summed E-state index contributed by atoms with van der Waals surface area (Å²) in [6, 6.07) is 11.0. The fourth-order valence-electron chi connectivity index (χ4n) is 3.48. The molecule has 1 fully saturated rings. The maximum absolute atomic E-state index is 12.9. The number of nitrogens with one attached hydrogen (secondary N) is 1. The van der Waals surface area contributed by atoms with Gasteiger partial charge in [0.05, 0.1) is 5.69 Å². The number of carbonyl (C=O) groups excluding carboxylic acids is 1. The van der Waals surface area contributed by atoms with Crippen molar-refractivity contribution in [2.45, 2.75) is 37.8 Å². The van der Waals surface area contributed by atoms with Crippen LogP contribution in [0.4, 0.5) is 0 Å². The lowest BCUT2D eigenvalue weighted by Gasteiger charge is -2.16. The molecule has 3 heterocycles. The lowest BCUT2D eigenvalue weighted by Crippen LogP contribution is -2.31. The van der Waals surface area contributed by atoms with Gasteiger partial charge in [0, 0.05) is 36.9 Å². The number of thiazole rings is 1. The normalized spacial score (nSPS) is 14.4. The number of hydrogen-bond donors (Lipinski definition) is 1. The predicted octanol–water partition coefficient (Wildman–Crippen LogP) is 3.02. The number of nitrogens with zero attached hydrogens (tertiary/aromatic N) is 3. The predicted molar refractivity (Wildman–Crippen MR) is 117 cm³/mol. The van der Waals surface area contributed by atoms with Gasteiger partial charge in [0.15, 0.2) is 0 Å². The Kier molecular flexibility index (Phi) is 6.03. The minimum Gasteiger partial charge on any atom is -0.341 e. The molecule has 30 heavy (non-hydrogen) atoms. The Morgan fingerprint density at radius 3 is 2.60 bits per heavy atom. The monoisotopic (exact) mass is 444 g/mol. The Labute approximate surface area is 180 Å². The highest BCUT2D eigenvalue weighted by molar-refractivity contribution is 7.89. The number of aromatic nitrogens is 2. The Morgan fingerprint density at radius 1 is 1.20 bits per heavy atom. The van der Waals surface area contributed by atoms with Crippen LogP contribution in [-0.2, 0) is 27.9 Å². The molecule has 3 aromatic rings. The van der Waals surface area contributed by atoms with Crippen LogP contribution in [0, 0.1) is 6.92 Å². The minimum atomic E-state index is -3.74. The molecule has 1 amide bonds. The molecule has 4 rings (SSSR count). The molecule has 7 nitrogen and oxygen atoms in total. The number of rotatable bonds is 7. The largest absolute Gasteiger partial charge is 0.341 e. The fourth-order valence-corrected chi connectivity index (χ4v) is 5.37. The Hall–Kier alpha value is -2.49. The summed E-state index contributed by atoms with van der Waals surface area (Å²) in [4.78, 5) is 19.2. The summed E-state index contributed by atoms with van der Waals surface area (Å²) < 4.78 is 30.2. The van der Waals surface area contributed by atoms with E-state index in [-0.39, 0.29) is 23.9 Å². The van der Waals surface area contributed by atoms with E-state index in [2.05, 4.69) is 9.71 Å². The van der Waals surface area contributed by atoms with Crippen LogP contribution >= 0.6 is 11.3 Å². The maximum Gasteiger partial charge on any atom is 0.242 e. The average molecular weight is 445 g/mol. The molecule has 1 N–H and O–H groups in total. The van der Waals surface area contributed by atoms with Gasteiger partial charge in [0.1, 0.15) is 16.4 Å². The van der Waals surface area contributed by atoms with Crippen LogP contribution in [0.3, 0.4) is 0 Å². The topological polar surface area (TPSA) is 84.3 Å². The molecular formula is C21H24N4O3S2. The van der Waals surface area contributed by atoms with E-state index in [1.165, 1.54) is 17.5 Å². The molecule has 0 saturated carbocycles. The van der Waals surface area contributed by atoms with Crippen molar-refractivity contribution in [1.29, 1.82) is 0 Å². The second-order valence-corrected chi connectivity index (χ2v) is 10.0. The van der Waals surface area contributed by atoms with E-state index in [1.807, 2.05) is 47.5 Å². The maximum atomic E-state index is 12.9. The van der Waals surface area contributed by atoms with Crippen LogP contribution < -0.4 is 4.72 Å². The number of likely N-dealkylation sites (tertiary alicyclic amines) is 1. The van der Waals surface area contributed by atoms with E-state index in [0.29, 0.717) is 10.7 Å². The summed E-state index contributed by atoms with van der Waals surface area (Å²) in [5.41, 5.74) is 2.38. The fraction of sp³-hybridized carbons (Fsp3) is 0.333. The van der Waals surface area contributed by atoms with Crippen molar-refractivity contribution in [2.75, 3.05) is 13.1 Å². The highest BCUT2D eigenvalue weighted by Gasteiger charge is 2.24. The van der Waals surface area contributed by atoms with Crippen molar-refractivity contribution in [3.8, 4) is 10.7 Å². The van der Waals surface area contributed by atoms with Gasteiger partial charge in [-0.15, -0.1) is 11.3 Å². The van der Waals surface area contributed by atoms with Crippen molar-refractivity contribution in [3.05, 3.63) is 59.2 Å². The molecule has 0 aliphatic carbocycles. The summed E-state index contributed by atoms with van der Waals surface area (Å²) in [5, 5.41) is 2.61. The molecule has 0 bridgehead atoms. The average Bonchev–Trinajstić information content (AvgIpc) is 3.48. The highest BCUT2D eigenvalue weighted by Crippen LogP contribution is 2.28. The van der Waals surface area contributed by atoms with Gasteiger partial charge in [-0.2, -0.15) is 0 Å². The summed E-state index contributed by atoms with van der Waals surface area (Å²) in [6.07, 6.45) is 3.56. The van der Waals surface area contributed by atoms with Crippen LogP contribution in [0.25, 0.3) is 10.7 Å². The first-order valence-corrected chi connectivity index (χ1v) is 12.2. The van der Waals surface area contributed by atoms with Crippen LogP contribution in [-0.4, -0.2) is 41.9 Å². The van der Waals surface area contributed by atoms with Gasteiger partial charge in [0.25, 0.3) is 0 Å². The number of carbonyl (C=O) groups is 1. The molecule has 0 spiro atoms. The SMILES string of the molecule is Cc1csc(-c2cc(S(=O)(=O)NCc3ccccc3)cn2CC(=O)N2CCCC2)n1. The lowest BCUT2D eigenvalue weighted by atomic mass is 10.2. The lowest BCUT2D eigenvalue weighted by molar-refractivity contribution is -0.130. The smallest absolute Gasteiger partial charge is 0.242 e. The molecule has 0 atom stereocenters. The summed E-state index contributed by atoms with van der Waals surface area (Å²) in [5.74, 6) is -0.00109. The number of sulfonamides is 1. The number of amides is 1. The number of benzene rings is 1. The first-order chi connectivity index (χ1) is 14.4. The Balaban J connectivity index is 1.61. The Bertz CT molecular complexity index is 1130. The van der Waals surface area contributed by atoms with Gasteiger partial charge >= 0.3 is 0 Å². The van der Waals surface area contributed by atoms with E-state index in [1.54, 1.807) is 10.6 Å². The zero-order chi connectivity index (χ0) is 21.1. The number of hydrogen-bond acceptors (Lipinski definition) is 5. The second-order valence-electron chi connectivity index (χ2n) is 7.38. The highest BCUT2D eigenvalue weighted by atomic mass is 32.2. The van der Waals surface area contributed by atoms with Crippen molar-refractivity contribution >= 4 is 27.3 Å². The van der Waals surface area contributed by atoms with Gasteiger partial charge in [-0.05, 0) is 31.4 Å². The number of aryl methyl sites for hydroxylation is 1.